The van der Waals surface area contributed by atoms with Gasteiger partial charge in [0.2, 0.25) is 0 Å². The summed E-state index contributed by atoms with van der Waals surface area (Å²) in [5, 5.41) is 10.5. The SMILES string of the molecule is CCc1ccc(CC(O)C2(CC)CCCC2)s1. The maximum Gasteiger partial charge on any atom is 0.0644 e. The van der Waals surface area contributed by atoms with E-state index in [0.717, 1.165) is 19.3 Å². The van der Waals surface area contributed by atoms with Gasteiger partial charge in [0.05, 0.1) is 6.10 Å². The molecule has 17 heavy (non-hydrogen) atoms. The van der Waals surface area contributed by atoms with Gasteiger partial charge in [-0.15, -0.1) is 11.3 Å². The molecular weight excluding hydrogens is 228 g/mol. The molecule has 0 aliphatic heterocycles. The lowest BCUT2D eigenvalue weighted by molar-refractivity contribution is 0.0263. The molecule has 2 heteroatoms. The summed E-state index contributed by atoms with van der Waals surface area (Å²) in [4.78, 5) is 2.79. The van der Waals surface area contributed by atoms with E-state index in [-0.39, 0.29) is 11.5 Å². The average Bonchev–Trinajstić information content (AvgIpc) is 2.97. The molecule has 96 valence electrons. The Morgan fingerprint density at radius 2 is 1.88 bits per heavy atom. The van der Waals surface area contributed by atoms with Crippen molar-refractivity contribution < 1.29 is 5.11 Å². The molecule has 1 unspecified atom stereocenters. The molecule has 1 N–H and O–H groups in total. The monoisotopic (exact) mass is 252 g/mol. The van der Waals surface area contributed by atoms with Crippen LogP contribution in [0, 0.1) is 5.41 Å². The van der Waals surface area contributed by atoms with Crippen molar-refractivity contribution in [1.29, 1.82) is 0 Å². The molecule has 1 aromatic rings. The zero-order valence-electron chi connectivity index (χ0n) is 11.0. The lowest BCUT2D eigenvalue weighted by Gasteiger charge is -2.33. The Hall–Kier alpha value is -0.340. The van der Waals surface area contributed by atoms with Crippen LogP contribution in [0.4, 0.5) is 0 Å². The smallest absolute Gasteiger partial charge is 0.0644 e. The first kappa shape index (κ1) is 13.1. The highest BCUT2D eigenvalue weighted by Gasteiger charge is 2.38. The predicted octanol–water partition coefficient (Wildman–Crippen LogP) is 4.18. The minimum Gasteiger partial charge on any atom is -0.392 e. The van der Waals surface area contributed by atoms with E-state index in [1.165, 1.54) is 35.4 Å². The summed E-state index contributed by atoms with van der Waals surface area (Å²) in [6.45, 7) is 4.43. The molecule has 1 heterocycles. The molecule has 0 amide bonds. The maximum atomic E-state index is 10.5. The third-order valence-corrected chi connectivity index (χ3v) is 5.72. The molecule has 1 atom stereocenters. The molecule has 2 rings (SSSR count). The van der Waals surface area contributed by atoms with Crippen molar-refractivity contribution in [2.75, 3.05) is 0 Å². The van der Waals surface area contributed by atoms with E-state index in [0.29, 0.717) is 0 Å². The van der Waals surface area contributed by atoms with Crippen LogP contribution in [0.15, 0.2) is 12.1 Å². The summed E-state index contributed by atoms with van der Waals surface area (Å²) in [6.07, 6.45) is 8.00. The molecule has 0 bridgehead atoms. The van der Waals surface area contributed by atoms with Crippen LogP contribution in [0.25, 0.3) is 0 Å². The number of hydrogen-bond acceptors (Lipinski definition) is 2. The van der Waals surface area contributed by atoms with Crippen LogP contribution >= 0.6 is 11.3 Å². The Labute approximate surface area is 109 Å². The van der Waals surface area contributed by atoms with Crippen molar-refractivity contribution in [3.8, 4) is 0 Å². The van der Waals surface area contributed by atoms with Crippen LogP contribution in [-0.2, 0) is 12.8 Å². The number of aliphatic hydroxyl groups excluding tert-OH is 1. The second-order valence-electron chi connectivity index (χ2n) is 5.36. The number of aryl methyl sites for hydroxylation is 1. The lowest BCUT2D eigenvalue weighted by Crippen LogP contribution is -2.33. The number of aliphatic hydroxyl groups is 1. The van der Waals surface area contributed by atoms with Gasteiger partial charge in [0, 0.05) is 16.2 Å². The van der Waals surface area contributed by atoms with Crippen LogP contribution in [-0.4, -0.2) is 11.2 Å². The van der Waals surface area contributed by atoms with E-state index in [2.05, 4.69) is 26.0 Å². The van der Waals surface area contributed by atoms with Crippen molar-refractivity contribution >= 4 is 11.3 Å². The summed E-state index contributed by atoms with van der Waals surface area (Å²) in [5.74, 6) is 0. The van der Waals surface area contributed by atoms with E-state index in [4.69, 9.17) is 0 Å². The molecule has 1 aliphatic carbocycles. The van der Waals surface area contributed by atoms with Crippen molar-refractivity contribution in [3.63, 3.8) is 0 Å². The molecule has 1 nitrogen and oxygen atoms in total. The Kier molecular flexibility index (Phi) is 4.26. The second-order valence-corrected chi connectivity index (χ2v) is 6.62. The Morgan fingerprint density at radius 3 is 2.41 bits per heavy atom. The third kappa shape index (κ3) is 2.74. The van der Waals surface area contributed by atoms with Gasteiger partial charge in [0.15, 0.2) is 0 Å². The number of thiophene rings is 1. The number of hydrogen-bond donors (Lipinski definition) is 1. The van der Waals surface area contributed by atoms with Gasteiger partial charge < -0.3 is 5.11 Å². The normalized spacial score (nSPS) is 20.6. The van der Waals surface area contributed by atoms with Crippen LogP contribution in [0.3, 0.4) is 0 Å². The first-order chi connectivity index (χ1) is 8.20. The lowest BCUT2D eigenvalue weighted by atomic mass is 9.76. The predicted molar refractivity (Wildman–Crippen MR) is 74.6 cm³/mol. The van der Waals surface area contributed by atoms with E-state index < -0.39 is 0 Å². The number of rotatable bonds is 5. The minimum atomic E-state index is -0.140. The van der Waals surface area contributed by atoms with Crippen LogP contribution < -0.4 is 0 Å². The summed E-state index contributed by atoms with van der Waals surface area (Å²) in [7, 11) is 0. The largest absolute Gasteiger partial charge is 0.392 e. The van der Waals surface area contributed by atoms with Crippen molar-refractivity contribution in [1.82, 2.24) is 0 Å². The van der Waals surface area contributed by atoms with Gasteiger partial charge in [-0.1, -0.05) is 26.7 Å². The molecule has 0 saturated heterocycles. The third-order valence-electron chi connectivity index (χ3n) is 4.47. The highest BCUT2D eigenvalue weighted by atomic mass is 32.1. The van der Waals surface area contributed by atoms with Gasteiger partial charge in [0.25, 0.3) is 0 Å². The van der Waals surface area contributed by atoms with Crippen molar-refractivity contribution in [3.05, 3.63) is 21.9 Å². The Balaban J connectivity index is 2.02. The zero-order chi connectivity index (χ0) is 12.3. The quantitative estimate of drug-likeness (QED) is 0.833. The Bertz CT molecular complexity index is 350. The van der Waals surface area contributed by atoms with Crippen LogP contribution in [0.2, 0.25) is 0 Å². The highest BCUT2D eigenvalue weighted by molar-refractivity contribution is 7.11. The van der Waals surface area contributed by atoms with E-state index in [9.17, 15) is 5.11 Å². The zero-order valence-corrected chi connectivity index (χ0v) is 11.9. The van der Waals surface area contributed by atoms with Crippen LogP contribution in [0.1, 0.15) is 55.7 Å². The minimum absolute atomic E-state index is 0.140. The van der Waals surface area contributed by atoms with Gasteiger partial charge in [-0.25, -0.2) is 0 Å². The molecule has 0 aromatic carbocycles. The fourth-order valence-corrected chi connectivity index (χ4v) is 4.13. The summed E-state index contributed by atoms with van der Waals surface area (Å²) in [6, 6.07) is 4.41. The fourth-order valence-electron chi connectivity index (χ4n) is 3.13. The molecular formula is C15H24OS. The van der Waals surface area contributed by atoms with E-state index in [1.807, 2.05) is 11.3 Å². The maximum absolute atomic E-state index is 10.5. The first-order valence-corrected chi connectivity index (χ1v) is 7.77. The fraction of sp³-hybridized carbons (Fsp3) is 0.733. The van der Waals surface area contributed by atoms with Gasteiger partial charge >= 0.3 is 0 Å². The average molecular weight is 252 g/mol. The molecule has 1 aliphatic rings. The second kappa shape index (κ2) is 5.53. The molecule has 1 aromatic heterocycles. The van der Waals surface area contributed by atoms with Gasteiger partial charge in [0.1, 0.15) is 0 Å². The topological polar surface area (TPSA) is 20.2 Å². The van der Waals surface area contributed by atoms with Crippen molar-refractivity contribution in [2.45, 2.75) is 64.9 Å². The summed E-state index contributed by atoms with van der Waals surface area (Å²) in [5.41, 5.74) is 0.219. The van der Waals surface area contributed by atoms with Gasteiger partial charge in [-0.2, -0.15) is 0 Å². The standard InChI is InChI=1S/C15H24OS/c1-3-12-7-8-13(17-12)11-14(16)15(4-2)9-5-6-10-15/h7-8,14,16H,3-6,9-11H2,1-2H3. The molecule has 1 fully saturated rings. The van der Waals surface area contributed by atoms with Gasteiger partial charge in [-0.05, 0) is 43.2 Å². The molecule has 0 spiro atoms. The highest BCUT2D eigenvalue weighted by Crippen LogP contribution is 2.45. The first-order valence-electron chi connectivity index (χ1n) is 6.96. The summed E-state index contributed by atoms with van der Waals surface area (Å²) >= 11 is 1.87. The Morgan fingerprint density at radius 1 is 1.24 bits per heavy atom. The van der Waals surface area contributed by atoms with Gasteiger partial charge in [-0.3, -0.25) is 0 Å². The molecule has 0 radical (unpaired) electrons. The summed E-state index contributed by atoms with van der Waals surface area (Å²) < 4.78 is 0. The van der Waals surface area contributed by atoms with E-state index >= 15 is 0 Å². The molecule has 1 saturated carbocycles. The van der Waals surface area contributed by atoms with E-state index in [1.54, 1.807) is 0 Å². The van der Waals surface area contributed by atoms with Crippen molar-refractivity contribution in [2.24, 2.45) is 5.41 Å². The van der Waals surface area contributed by atoms with Crippen LogP contribution in [0.5, 0.6) is 0 Å².